The minimum Gasteiger partial charge on any atom is -0.444 e. The van der Waals surface area contributed by atoms with E-state index in [9.17, 15) is 4.79 Å². The van der Waals surface area contributed by atoms with E-state index >= 15 is 0 Å². The molecule has 134 valence electrons. The predicted molar refractivity (Wildman–Crippen MR) is 94.9 cm³/mol. The highest BCUT2D eigenvalue weighted by Crippen LogP contribution is 2.18. The minimum absolute atomic E-state index is 0.0139. The maximum Gasteiger partial charge on any atom is 0.410 e. The van der Waals surface area contributed by atoms with Gasteiger partial charge in [-0.3, -0.25) is 0 Å². The quantitative estimate of drug-likeness (QED) is 0.898. The smallest absolute Gasteiger partial charge is 0.410 e. The van der Waals surface area contributed by atoms with E-state index in [1.54, 1.807) is 4.90 Å². The molecule has 0 saturated carbocycles. The van der Waals surface area contributed by atoms with Crippen LogP contribution in [-0.2, 0) is 16.0 Å². The highest BCUT2D eigenvalue weighted by Gasteiger charge is 2.33. The Hall–Kier alpha value is -1.59. The molecule has 1 aromatic rings. The molecule has 24 heavy (non-hydrogen) atoms. The van der Waals surface area contributed by atoms with Gasteiger partial charge >= 0.3 is 6.09 Å². The molecular weight excluding hydrogens is 304 g/mol. The van der Waals surface area contributed by atoms with E-state index in [2.05, 4.69) is 17.4 Å². The number of carbonyl (C=O) groups is 1. The van der Waals surface area contributed by atoms with Gasteiger partial charge in [0.1, 0.15) is 5.60 Å². The second-order valence-electron chi connectivity index (χ2n) is 7.18. The summed E-state index contributed by atoms with van der Waals surface area (Å²) in [5.41, 5.74) is 0.781. The molecule has 2 rings (SSSR count). The number of rotatable bonds is 5. The largest absolute Gasteiger partial charge is 0.444 e. The van der Waals surface area contributed by atoms with Crippen molar-refractivity contribution in [3.05, 3.63) is 35.9 Å². The Bertz CT molecular complexity index is 513. The van der Waals surface area contributed by atoms with Crippen LogP contribution in [0.5, 0.6) is 0 Å². The first-order valence-electron chi connectivity index (χ1n) is 8.76. The number of amides is 1. The molecule has 0 aromatic heterocycles. The van der Waals surface area contributed by atoms with Crippen molar-refractivity contribution in [2.24, 2.45) is 0 Å². The number of nitrogens with zero attached hydrogens (tertiary/aromatic N) is 1. The Morgan fingerprint density at radius 3 is 2.62 bits per heavy atom. The molecule has 2 unspecified atom stereocenters. The number of benzene rings is 1. The van der Waals surface area contributed by atoms with Crippen molar-refractivity contribution in [1.29, 1.82) is 0 Å². The summed E-state index contributed by atoms with van der Waals surface area (Å²) >= 11 is 0. The van der Waals surface area contributed by atoms with Gasteiger partial charge < -0.3 is 19.7 Å². The van der Waals surface area contributed by atoms with E-state index in [0.717, 1.165) is 13.0 Å². The summed E-state index contributed by atoms with van der Waals surface area (Å²) < 4.78 is 11.4. The number of carbonyl (C=O) groups excluding carboxylic acids is 1. The first kappa shape index (κ1) is 18.7. The van der Waals surface area contributed by atoms with Crippen LogP contribution in [0.3, 0.4) is 0 Å². The molecular formula is C19H30N2O3. The highest BCUT2D eigenvalue weighted by molar-refractivity contribution is 5.68. The van der Waals surface area contributed by atoms with Crippen LogP contribution in [0, 0.1) is 0 Å². The van der Waals surface area contributed by atoms with Gasteiger partial charge in [0.25, 0.3) is 0 Å². The Kier molecular flexibility index (Phi) is 6.63. The molecule has 1 saturated heterocycles. The van der Waals surface area contributed by atoms with Crippen molar-refractivity contribution in [3.63, 3.8) is 0 Å². The maximum atomic E-state index is 12.3. The molecule has 5 heteroatoms. The lowest BCUT2D eigenvalue weighted by Crippen LogP contribution is -2.55. The lowest BCUT2D eigenvalue weighted by Gasteiger charge is -2.39. The fraction of sp³-hybridized carbons (Fsp3) is 0.632. The molecule has 0 bridgehead atoms. The summed E-state index contributed by atoms with van der Waals surface area (Å²) in [7, 11) is 0. The third kappa shape index (κ3) is 5.80. The average molecular weight is 334 g/mol. The van der Waals surface area contributed by atoms with E-state index < -0.39 is 5.60 Å². The van der Waals surface area contributed by atoms with E-state index in [4.69, 9.17) is 9.47 Å². The molecule has 2 atom stereocenters. The van der Waals surface area contributed by atoms with Crippen LogP contribution in [-0.4, -0.2) is 48.4 Å². The standard InChI is InChI=1S/C19H30N2O3/c1-5-23-17-14-21(18(22)24-19(2,3)4)12-11-16(17)20-13-15-9-7-6-8-10-15/h6-10,16-17,20H,5,11-14H2,1-4H3. The van der Waals surface area contributed by atoms with Crippen LogP contribution >= 0.6 is 0 Å². The number of hydrogen-bond donors (Lipinski definition) is 1. The molecule has 1 aliphatic heterocycles. The summed E-state index contributed by atoms with van der Waals surface area (Å²) in [5.74, 6) is 0. The first-order valence-corrected chi connectivity index (χ1v) is 8.76. The predicted octanol–water partition coefficient (Wildman–Crippen LogP) is 3.19. The van der Waals surface area contributed by atoms with Crippen molar-refractivity contribution in [2.45, 2.75) is 58.4 Å². The minimum atomic E-state index is -0.472. The van der Waals surface area contributed by atoms with Crippen molar-refractivity contribution < 1.29 is 14.3 Å². The lowest BCUT2D eigenvalue weighted by atomic mass is 10.0. The van der Waals surface area contributed by atoms with Crippen LogP contribution in [0.15, 0.2) is 30.3 Å². The molecule has 1 fully saturated rings. The van der Waals surface area contributed by atoms with E-state index in [1.165, 1.54) is 5.56 Å². The Labute approximate surface area is 145 Å². The fourth-order valence-electron chi connectivity index (χ4n) is 2.87. The van der Waals surface area contributed by atoms with Gasteiger partial charge in [0, 0.05) is 25.7 Å². The molecule has 1 amide bonds. The topological polar surface area (TPSA) is 50.8 Å². The number of hydrogen-bond acceptors (Lipinski definition) is 4. The Balaban J connectivity index is 1.91. The zero-order valence-electron chi connectivity index (χ0n) is 15.2. The van der Waals surface area contributed by atoms with Gasteiger partial charge in [-0.2, -0.15) is 0 Å². The van der Waals surface area contributed by atoms with Gasteiger partial charge in [-0.05, 0) is 39.7 Å². The fourth-order valence-corrected chi connectivity index (χ4v) is 2.87. The van der Waals surface area contributed by atoms with Crippen molar-refractivity contribution in [2.75, 3.05) is 19.7 Å². The number of nitrogens with one attached hydrogen (secondary N) is 1. The van der Waals surface area contributed by atoms with Crippen molar-refractivity contribution in [3.8, 4) is 0 Å². The van der Waals surface area contributed by atoms with Gasteiger partial charge in [0.15, 0.2) is 0 Å². The zero-order valence-corrected chi connectivity index (χ0v) is 15.2. The number of ether oxygens (including phenoxy) is 2. The lowest BCUT2D eigenvalue weighted by molar-refractivity contribution is -0.0313. The monoisotopic (exact) mass is 334 g/mol. The number of likely N-dealkylation sites (tertiary alicyclic amines) is 1. The summed E-state index contributed by atoms with van der Waals surface area (Å²) in [6.07, 6.45) is 0.588. The van der Waals surface area contributed by atoms with E-state index in [-0.39, 0.29) is 18.2 Å². The number of piperidine rings is 1. The van der Waals surface area contributed by atoms with Gasteiger partial charge in [-0.15, -0.1) is 0 Å². The van der Waals surface area contributed by atoms with E-state index in [1.807, 2.05) is 45.9 Å². The van der Waals surface area contributed by atoms with Crippen molar-refractivity contribution in [1.82, 2.24) is 10.2 Å². The highest BCUT2D eigenvalue weighted by atomic mass is 16.6. The third-order valence-electron chi connectivity index (χ3n) is 4.00. The molecule has 1 heterocycles. The molecule has 1 aliphatic rings. The van der Waals surface area contributed by atoms with Crippen LogP contribution in [0.2, 0.25) is 0 Å². The van der Waals surface area contributed by atoms with Crippen LogP contribution < -0.4 is 5.32 Å². The van der Waals surface area contributed by atoms with E-state index in [0.29, 0.717) is 19.7 Å². The summed E-state index contributed by atoms with van der Waals surface area (Å²) in [6.45, 7) is 10.3. The second-order valence-corrected chi connectivity index (χ2v) is 7.18. The first-order chi connectivity index (χ1) is 11.4. The van der Waals surface area contributed by atoms with Crippen LogP contribution in [0.25, 0.3) is 0 Å². The van der Waals surface area contributed by atoms with Crippen LogP contribution in [0.4, 0.5) is 4.79 Å². The van der Waals surface area contributed by atoms with Gasteiger partial charge in [-0.25, -0.2) is 4.79 Å². The molecule has 0 aliphatic carbocycles. The van der Waals surface area contributed by atoms with Crippen LogP contribution in [0.1, 0.15) is 39.7 Å². The maximum absolute atomic E-state index is 12.3. The molecule has 5 nitrogen and oxygen atoms in total. The molecule has 1 N–H and O–H groups in total. The second kappa shape index (κ2) is 8.49. The summed E-state index contributed by atoms with van der Waals surface area (Å²) in [5, 5.41) is 3.58. The Morgan fingerprint density at radius 2 is 2.00 bits per heavy atom. The summed E-state index contributed by atoms with van der Waals surface area (Å²) in [4.78, 5) is 14.0. The normalized spacial score (nSPS) is 21.6. The summed E-state index contributed by atoms with van der Waals surface area (Å²) in [6, 6.07) is 10.6. The van der Waals surface area contributed by atoms with Gasteiger partial charge in [0.05, 0.1) is 12.6 Å². The molecule has 1 aromatic carbocycles. The third-order valence-corrected chi connectivity index (χ3v) is 4.00. The van der Waals surface area contributed by atoms with Gasteiger partial charge in [-0.1, -0.05) is 30.3 Å². The molecule has 0 spiro atoms. The Morgan fingerprint density at radius 1 is 1.29 bits per heavy atom. The molecule has 0 radical (unpaired) electrons. The zero-order chi connectivity index (χ0) is 17.6. The SMILES string of the molecule is CCOC1CN(C(=O)OC(C)(C)C)CCC1NCc1ccccc1. The van der Waals surface area contributed by atoms with Crippen molar-refractivity contribution >= 4 is 6.09 Å². The average Bonchev–Trinajstić information content (AvgIpc) is 2.53. The van der Waals surface area contributed by atoms with Gasteiger partial charge in [0.2, 0.25) is 0 Å².